The molecule has 0 atom stereocenters. The van der Waals surface area contributed by atoms with Gasteiger partial charge in [0, 0.05) is 58.9 Å². The van der Waals surface area contributed by atoms with Gasteiger partial charge in [-0.25, -0.2) is 13.9 Å². The maximum atomic E-state index is 14.8. The molecule has 48 heavy (non-hydrogen) atoms. The first-order valence-electron chi connectivity index (χ1n) is 15.3. The summed E-state index contributed by atoms with van der Waals surface area (Å²) in [5.74, 6) is -1.45. The molecular formula is C33H39F4N4O6P. The molecule has 0 aliphatic carbocycles. The topological polar surface area (TPSA) is 119 Å². The third-order valence-electron chi connectivity index (χ3n) is 8.66. The van der Waals surface area contributed by atoms with Gasteiger partial charge in [0.1, 0.15) is 11.5 Å². The Labute approximate surface area is 275 Å². The van der Waals surface area contributed by atoms with Gasteiger partial charge in [-0.3, -0.25) is 9.32 Å². The van der Waals surface area contributed by atoms with Gasteiger partial charge in [-0.15, -0.1) is 0 Å². The van der Waals surface area contributed by atoms with Crippen LogP contribution in [0.3, 0.4) is 0 Å². The van der Waals surface area contributed by atoms with E-state index >= 15 is 0 Å². The minimum Gasteiger partial charge on any atom is -0.378 e. The Morgan fingerprint density at radius 3 is 2.21 bits per heavy atom. The second-order valence-electron chi connectivity index (χ2n) is 14.0. The summed E-state index contributed by atoms with van der Waals surface area (Å²) in [6.07, 6.45) is -0.204. The monoisotopic (exact) mass is 694 g/mol. The number of morpholine rings is 1. The lowest BCUT2D eigenvalue weighted by molar-refractivity contribution is -0.188. The fourth-order valence-corrected chi connectivity index (χ4v) is 7.79. The quantitative estimate of drug-likeness (QED) is 0.161. The first kappa shape index (κ1) is 35.7. The summed E-state index contributed by atoms with van der Waals surface area (Å²) in [7, 11) is -5.11. The number of alkyl halides is 3. The zero-order valence-electron chi connectivity index (χ0n) is 27.5. The summed E-state index contributed by atoms with van der Waals surface area (Å²) in [6, 6.07) is 7.67. The lowest BCUT2D eigenvalue weighted by Crippen LogP contribution is -2.56. The minimum atomic E-state index is -5.11. The van der Waals surface area contributed by atoms with Crippen LogP contribution in [0, 0.1) is 16.6 Å². The van der Waals surface area contributed by atoms with Crippen LogP contribution in [-0.2, 0) is 32.3 Å². The molecule has 1 saturated heterocycles. The lowest BCUT2D eigenvalue weighted by atomic mass is 9.68. The highest BCUT2D eigenvalue weighted by atomic mass is 31.2. The van der Waals surface area contributed by atoms with Crippen molar-refractivity contribution >= 4 is 24.5 Å². The second kappa shape index (κ2) is 12.4. The molecule has 0 spiro atoms. The van der Waals surface area contributed by atoms with E-state index in [1.807, 2.05) is 6.07 Å². The van der Waals surface area contributed by atoms with Crippen LogP contribution in [-0.4, -0.2) is 50.2 Å². The number of fused-ring (bicyclic) bond motifs is 1. The van der Waals surface area contributed by atoms with Gasteiger partial charge in [-0.1, -0.05) is 53.7 Å². The molecule has 15 heteroatoms. The van der Waals surface area contributed by atoms with Crippen LogP contribution in [0.15, 0.2) is 59.8 Å². The number of benzene rings is 1. The Morgan fingerprint density at radius 2 is 1.65 bits per heavy atom. The Morgan fingerprint density at radius 1 is 1.00 bits per heavy atom. The third kappa shape index (κ3) is 6.69. The predicted molar refractivity (Wildman–Crippen MR) is 173 cm³/mol. The number of phosphoric acid groups is 1. The highest BCUT2D eigenvalue weighted by Gasteiger charge is 2.57. The molecule has 1 aromatic carbocycles. The Bertz CT molecular complexity index is 1920. The number of hydrogen-bond acceptors (Lipinski definition) is 6. The van der Waals surface area contributed by atoms with Gasteiger partial charge in [0.25, 0.3) is 5.56 Å². The number of phosphoric ester groups is 1. The molecule has 2 N–H and O–H groups in total. The van der Waals surface area contributed by atoms with Gasteiger partial charge < -0.3 is 28.6 Å². The van der Waals surface area contributed by atoms with Gasteiger partial charge in [-0.2, -0.15) is 13.2 Å². The summed E-state index contributed by atoms with van der Waals surface area (Å²) < 4.78 is 81.3. The molecule has 0 unspecified atom stereocenters. The van der Waals surface area contributed by atoms with Crippen LogP contribution in [0.4, 0.5) is 23.2 Å². The van der Waals surface area contributed by atoms with Crippen molar-refractivity contribution in [2.24, 2.45) is 10.8 Å². The average molecular weight is 695 g/mol. The standard InChI is InChI=1S/C33H39F4N4O6P/c1-30(2,3)33(31(4,5)6,47-48(43,44)45)41-20-25(24-17-23(18-38-29(24)41)39-12-14-46-15-13-39)21-10-11-40(27(42)16-21)19-22-8-7-9-26(28(22)34)32(35,36)37/h7-11,16-18,20H,12-15,19H2,1-6H3,(H2,43,44,45). The van der Waals surface area contributed by atoms with Crippen LogP contribution >= 0.6 is 7.82 Å². The SMILES string of the molecule is CC(C)(C)C(OP(=O)(O)O)(n1cc(-c2ccn(Cc3cccc(C(F)(F)F)c3F)c(=O)c2)c2cc(N3CCOCC3)cnc21)C(C)(C)C. The zero-order chi connectivity index (χ0) is 35.4. The average Bonchev–Trinajstić information content (AvgIpc) is 3.35. The van der Waals surface area contributed by atoms with Crippen molar-refractivity contribution in [3.8, 4) is 11.1 Å². The number of hydrogen-bond donors (Lipinski definition) is 2. The molecule has 0 saturated carbocycles. The van der Waals surface area contributed by atoms with Crippen molar-refractivity contribution in [1.82, 2.24) is 14.1 Å². The Balaban J connectivity index is 1.72. The molecule has 3 aromatic heterocycles. The Hall–Kier alpha value is -3.55. The second-order valence-corrected chi connectivity index (χ2v) is 15.1. The molecule has 4 aromatic rings. The molecule has 1 aliphatic heterocycles. The molecule has 0 radical (unpaired) electrons. The van der Waals surface area contributed by atoms with Crippen LogP contribution in [0.2, 0.25) is 0 Å². The van der Waals surface area contributed by atoms with Crippen molar-refractivity contribution in [2.75, 3.05) is 31.2 Å². The van der Waals surface area contributed by atoms with Gasteiger partial charge in [-0.05, 0) is 23.8 Å². The first-order chi connectivity index (χ1) is 22.1. The number of nitrogens with zero attached hydrogens (tertiary/aromatic N) is 4. The van der Waals surface area contributed by atoms with E-state index in [1.165, 1.54) is 18.3 Å². The largest absolute Gasteiger partial charge is 0.471 e. The summed E-state index contributed by atoms with van der Waals surface area (Å²) >= 11 is 0. The number of ether oxygens (including phenoxy) is 1. The van der Waals surface area contributed by atoms with Crippen LogP contribution in [0.25, 0.3) is 22.2 Å². The normalized spacial score (nSPS) is 15.4. The van der Waals surface area contributed by atoms with Crippen molar-refractivity contribution < 1.29 is 41.2 Å². The molecule has 10 nitrogen and oxygen atoms in total. The zero-order valence-corrected chi connectivity index (χ0v) is 28.4. The fourth-order valence-electron chi connectivity index (χ4n) is 6.81. The molecule has 0 amide bonds. The van der Waals surface area contributed by atoms with Gasteiger partial charge in [0.05, 0.1) is 37.2 Å². The fraction of sp³-hybridized carbons (Fsp3) is 0.455. The summed E-state index contributed by atoms with van der Waals surface area (Å²) in [4.78, 5) is 40.7. The van der Waals surface area contributed by atoms with E-state index in [0.717, 1.165) is 16.3 Å². The van der Waals surface area contributed by atoms with E-state index in [1.54, 1.807) is 64.6 Å². The highest BCUT2D eigenvalue weighted by molar-refractivity contribution is 7.46. The van der Waals surface area contributed by atoms with E-state index < -0.39 is 54.0 Å². The smallest absolute Gasteiger partial charge is 0.378 e. The lowest BCUT2D eigenvalue weighted by Gasteiger charge is -2.53. The molecule has 1 aliphatic rings. The number of anilines is 1. The van der Waals surface area contributed by atoms with Gasteiger partial charge >= 0.3 is 14.0 Å². The van der Waals surface area contributed by atoms with E-state index in [4.69, 9.17) is 14.2 Å². The van der Waals surface area contributed by atoms with Gasteiger partial charge in [0.15, 0.2) is 5.72 Å². The molecule has 4 heterocycles. The Kier molecular flexibility index (Phi) is 9.24. The molecular weight excluding hydrogens is 655 g/mol. The van der Waals surface area contributed by atoms with Crippen molar-refractivity contribution in [3.63, 3.8) is 0 Å². The predicted octanol–water partition coefficient (Wildman–Crippen LogP) is 6.76. The van der Waals surface area contributed by atoms with Gasteiger partial charge in [0.2, 0.25) is 0 Å². The third-order valence-corrected chi connectivity index (χ3v) is 9.16. The number of halogens is 4. The summed E-state index contributed by atoms with van der Waals surface area (Å²) in [5.41, 5.74) is -3.86. The maximum Gasteiger partial charge on any atom is 0.471 e. The van der Waals surface area contributed by atoms with Crippen molar-refractivity contribution in [2.45, 2.75) is 60.0 Å². The summed E-state index contributed by atoms with van der Waals surface area (Å²) in [6.45, 7) is 12.6. The number of rotatable bonds is 7. The number of aromatic nitrogens is 3. The van der Waals surface area contributed by atoms with E-state index in [-0.39, 0.29) is 5.56 Å². The molecule has 5 rings (SSSR count). The maximum absolute atomic E-state index is 14.8. The van der Waals surface area contributed by atoms with Crippen LogP contribution in [0.5, 0.6) is 0 Å². The molecule has 0 bridgehead atoms. The molecule has 1 fully saturated rings. The first-order valence-corrected chi connectivity index (χ1v) is 16.8. The van der Waals surface area contributed by atoms with E-state index in [0.29, 0.717) is 54.5 Å². The molecule has 260 valence electrons. The number of pyridine rings is 2. The van der Waals surface area contributed by atoms with E-state index in [9.17, 15) is 36.7 Å². The van der Waals surface area contributed by atoms with Crippen LogP contribution in [0.1, 0.15) is 52.7 Å². The van der Waals surface area contributed by atoms with Crippen molar-refractivity contribution in [1.29, 1.82) is 0 Å². The van der Waals surface area contributed by atoms with Crippen molar-refractivity contribution in [3.05, 3.63) is 82.3 Å². The van der Waals surface area contributed by atoms with Crippen LogP contribution < -0.4 is 10.5 Å². The highest BCUT2D eigenvalue weighted by Crippen LogP contribution is 2.59. The minimum absolute atomic E-state index is 0.301. The van der Waals surface area contributed by atoms with E-state index in [2.05, 4.69) is 4.90 Å². The summed E-state index contributed by atoms with van der Waals surface area (Å²) in [5, 5.41) is 0.562.